The predicted molar refractivity (Wildman–Crippen MR) is 81.9 cm³/mol. The molecule has 2 aromatic rings. The Hall–Kier alpha value is -2.11. The van der Waals surface area contributed by atoms with Gasteiger partial charge in [-0.25, -0.2) is 0 Å². The Labute approximate surface area is 130 Å². The summed E-state index contributed by atoms with van der Waals surface area (Å²) in [5.74, 6) is 0.609. The van der Waals surface area contributed by atoms with E-state index in [0.717, 1.165) is 30.8 Å². The average Bonchev–Trinajstić information content (AvgIpc) is 3.00. The van der Waals surface area contributed by atoms with Gasteiger partial charge in [0.05, 0.1) is 17.4 Å². The van der Waals surface area contributed by atoms with Gasteiger partial charge in [0, 0.05) is 18.8 Å². The van der Waals surface area contributed by atoms with Crippen LogP contribution in [0.2, 0.25) is 0 Å². The van der Waals surface area contributed by atoms with Crippen molar-refractivity contribution < 1.29 is 9.32 Å². The molecule has 1 aliphatic heterocycles. The summed E-state index contributed by atoms with van der Waals surface area (Å²) in [7, 11) is 0. The number of hydrogen-bond donors (Lipinski definition) is 0. The van der Waals surface area contributed by atoms with E-state index < -0.39 is 0 Å². The molecule has 3 heterocycles. The quantitative estimate of drug-likeness (QED) is 0.855. The van der Waals surface area contributed by atoms with Crippen LogP contribution in [0.1, 0.15) is 52.1 Å². The second kappa shape index (κ2) is 5.59. The smallest absolute Gasteiger partial charge is 0.259 e. The molecule has 0 radical (unpaired) electrons. The lowest BCUT2D eigenvalue weighted by Crippen LogP contribution is -2.41. The zero-order valence-corrected chi connectivity index (χ0v) is 13.6. The minimum Gasteiger partial charge on any atom is -0.361 e. The molecule has 0 bridgehead atoms. The molecule has 0 spiro atoms. The number of likely N-dealkylation sites (tertiary alicyclic amines) is 1. The molecule has 3 rings (SSSR count). The number of rotatable bonds is 2. The van der Waals surface area contributed by atoms with E-state index in [0.29, 0.717) is 23.6 Å². The van der Waals surface area contributed by atoms with Crippen LogP contribution in [0.25, 0.3) is 0 Å². The summed E-state index contributed by atoms with van der Waals surface area (Å²) in [5.41, 5.74) is 3.44. The fourth-order valence-electron chi connectivity index (χ4n) is 3.30. The van der Waals surface area contributed by atoms with Gasteiger partial charge in [-0.1, -0.05) is 5.16 Å². The van der Waals surface area contributed by atoms with Crippen molar-refractivity contribution in [3.63, 3.8) is 0 Å². The molecule has 118 valence electrons. The highest BCUT2D eigenvalue weighted by Gasteiger charge is 2.29. The monoisotopic (exact) mass is 302 g/mol. The molecule has 6 heteroatoms. The van der Waals surface area contributed by atoms with Gasteiger partial charge < -0.3 is 9.42 Å². The Kier molecular flexibility index (Phi) is 3.76. The maximum atomic E-state index is 12.8. The van der Waals surface area contributed by atoms with Crippen LogP contribution in [-0.4, -0.2) is 38.8 Å². The van der Waals surface area contributed by atoms with Crippen LogP contribution in [0.5, 0.6) is 0 Å². The van der Waals surface area contributed by atoms with Gasteiger partial charge in [0.15, 0.2) is 0 Å². The fourth-order valence-corrected chi connectivity index (χ4v) is 3.30. The number of nitrogens with zero attached hydrogens (tertiary/aromatic N) is 4. The summed E-state index contributed by atoms with van der Waals surface area (Å²) in [6.07, 6.45) is 2.03. The summed E-state index contributed by atoms with van der Waals surface area (Å²) < 4.78 is 7.18. The molecule has 0 N–H and O–H groups in total. The largest absolute Gasteiger partial charge is 0.361 e. The van der Waals surface area contributed by atoms with Crippen LogP contribution in [0.4, 0.5) is 0 Å². The SMILES string of the molecule is Cc1cc(C)n(C2CCCN(C(=O)c3c(C)noc3C)C2)n1. The maximum absolute atomic E-state index is 12.8. The third-order valence-electron chi connectivity index (χ3n) is 4.32. The lowest BCUT2D eigenvalue weighted by atomic mass is 10.0. The molecule has 1 aliphatic rings. The Balaban J connectivity index is 1.81. The van der Waals surface area contributed by atoms with Crippen LogP contribution in [0.15, 0.2) is 10.6 Å². The van der Waals surface area contributed by atoms with E-state index in [1.54, 1.807) is 6.92 Å². The first-order valence-electron chi connectivity index (χ1n) is 7.72. The van der Waals surface area contributed by atoms with Crippen molar-refractivity contribution in [2.24, 2.45) is 0 Å². The van der Waals surface area contributed by atoms with Crippen molar-refractivity contribution in [3.8, 4) is 0 Å². The number of aryl methyl sites for hydroxylation is 4. The molecule has 1 fully saturated rings. The molecule has 0 aliphatic carbocycles. The van der Waals surface area contributed by atoms with Crippen LogP contribution >= 0.6 is 0 Å². The van der Waals surface area contributed by atoms with Crippen LogP contribution in [-0.2, 0) is 0 Å². The Morgan fingerprint density at radius 1 is 1.32 bits per heavy atom. The highest BCUT2D eigenvalue weighted by atomic mass is 16.5. The zero-order valence-electron chi connectivity index (χ0n) is 13.6. The predicted octanol–water partition coefficient (Wildman–Crippen LogP) is 2.58. The summed E-state index contributed by atoms with van der Waals surface area (Å²) in [6.45, 7) is 9.12. The normalized spacial score (nSPS) is 18.7. The third-order valence-corrected chi connectivity index (χ3v) is 4.32. The number of piperidine rings is 1. The first-order chi connectivity index (χ1) is 10.5. The molecule has 2 aromatic heterocycles. The van der Waals surface area contributed by atoms with E-state index in [9.17, 15) is 4.79 Å². The Morgan fingerprint density at radius 3 is 2.68 bits per heavy atom. The summed E-state index contributed by atoms with van der Waals surface area (Å²) >= 11 is 0. The molecule has 22 heavy (non-hydrogen) atoms. The van der Waals surface area contributed by atoms with E-state index >= 15 is 0 Å². The van der Waals surface area contributed by atoms with E-state index in [-0.39, 0.29) is 11.9 Å². The molecule has 1 atom stereocenters. The number of amides is 1. The van der Waals surface area contributed by atoms with E-state index in [1.165, 1.54) is 0 Å². The van der Waals surface area contributed by atoms with Gasteiger partial charge in [0.2, 0.25) is 0 Å². The van der Waals surface area contributed by atoms with Gasteiger partial charge in [0.25, 0.3) is 5.91 Å². The van der Waals surface area contributed by atoms with Gasteiger partial charge in [-0.2, -0.15) is 5.10 Å². The van der Waals surface area contributed by atoms with Gasteiger partial charge in [-0.05, 0) is 46.6 Å². The van der Waals surface area contributed by atoms with Crippen molar-refractivity contribution in [2.75, 3.05) is 13.1 Å². The molecular weight excluding hydrogens is 280 g/mol. The molecular formula is C16H22N4O2. The standard InChI is InChI=1S/C16H22N4O2/c1-10-8-11(2)20(17-10)14-6-5-7-19(9-14)16(21)15-12(3)18-22-13(15)4/h8,14H,5-7,9H2,1-4H3. The lowest BCUT2D eigenvalue weighted by molar-refractivity contribution is 0.0669. The van der Waals surface area contributed by atoms with E-state index in [4.69, 9.17) is 4.52 Å². The second-order valence-electron chi connectivity index (χ2n) is 6.12. The van der Waals surface area contributed by atoms with Crippen molar-refractivity contribution in [1.29, 1.82) is 0 Å². The molecule has 1 unspecified atom stereocenters. The summed E-state index contributed by atoms with van der Waals surface area (Å²) in [4.78, 5) is 14.7. The molecule has 0 saturated carbocycles. The first-order valence-corrected chi connectivity index (χ1v) is 7.72. The van der Waals surface area contributed by atoms with Gasteiger partial charge in [0.1, 0.15) is 11.3 Å². The molecule has 6 nitrogen and oxygen atoms in total. The number of hydrogen-bond acceptors (Lipinski definition) is 4. The van der Waals surface area contributed by atoms with Crippen LogP contribution < -0.4 is 0 Å². The average molecular weight is 302 g/mol. The second-order valence-corrected chi connectivity index (χ2v) is 6.12. The van der Waals surface area contributed by atoms with E-state index in [2.05, 4.69) is 27.9 Å². The molecule has 0 aromatic carbocycles. The summed E-state index contributed by atoms with van der Waals surface area (Å²) in [5, 5.41) is 8.46. The van der Waals surface area contributed by atoms with Gasteiger partial charge >= 0.3 is 0 Å². The Morgan fingerprint density at radius 2 is 2.09 bits per heavy atom. The van der Waals surface area contributed by atoms with Gasteiger partial charge in [-0.3, -0.25) is 9.48 Å². The van der Waals surface area contributed by atoms with Crippen LogP contribution in [0.3, 0.4) is 0 Å². The van der Waals surface area contributed by atoms with Crippen LogP contribution in [0, 0.1) is 27.7 Å². The zero-order chi connectivity index (χ0) is 15.9. The highest BCUT2D eigenvalue weighted by Crippen LogP contribution is 2.25. The lowest BCUT2D eigenvalue weighted by Gasteiger charge is -2.33. The summed E-state index contributed by atoms with van der Waals surface area (Å²) in [6, 6.07) is 2.32. The fraction of sp³-hybridized carbons (Fsp3) is 0.562. The topological polar surface area (TPSA) is 64.2 Å². The third kappa shape index (κ3) is 2.53. The maximum Gasteiger partial charge on any atom is 0.259 e. The van der Waals surface area contributed by atoms with Crippen molar-refractivity contribution in [1.82, 2.24) is 19.8 Å². The molecule has 1 saturated heterocycles. The molecule has 1 amide bonds. The minimum atomic E-state index is 0.0162. The number of carbonyl (C=O) groups is 1. The number of carbonyl (C=O) groups excluding carboxylic acids is 1. The highest BCUT2D eigenvalue weighted by molar-refractivity contribution is 5.96. The van der Waals surface area contributed by atoms with Gasteiger partial charge in [-0.15, -0.1) is 0 Å². The van der Waals surface area contributed by atoms with Crippen molar-refractivity contribution in [3.05, 3.63) is 34.5 Å². The number of aromatic nitrogens is 3. The minimum absolute atomic E-state index is 0.0162. The first kappa shape index (κ1) is 14.8. The Bertz CT molecular complexity index is 682. The van der Waals surface area contributed by atoms with Crippen molar-refractivity contribution >= 4 is 5.91 Å². The van der Waals surface area contributed by atoms with Crippen molar-refractivity contribution in [2.45, 2.75) is 46.6 Å². The van der Waals surface area contributed by atoms with E-state index in [1.807, 2.05) is 18.7 Å².